The zero-order valence-corrected chi connectivity index (χ0v) is 15.1. The van der Waals surface area contributed by atoms with Gasteiger partial charge in [-0.3, -0.25) is 14.9 Å². The topological polar surface area (TPSA) is 75.5 Å². The van der Waals surface area contributed by atoms with Gasteiger partial charge in [-0.05, 0) is 62.4 Å². The van der Waals surface area contributed by atoms with Gasteiger partial charge in [-0.1, -0.05) is 12.1 Å². The lowest BCUT2D eigenvalue weighted by atomic mass is 10.1. The minimum absolute atomic E-state index is 0.0134. The van der Waals surface area contributed by atoms with E-state index in [1.54, 1.807) is 12.1 Å². The number of nitrogens with one attached hydrogen (secondary N) is 1. The van der Waals surface area contributed by atoms with Crippen molar-refractivity contribution in [3.05, 3.63) is 63.2 Å². The summed E-state index contributed by atoms with van der Waals surface area (Å²) >= 11 is 0. The highest BCUT2D eigenvalue weighted by Crippen LogP contribution is 2.31. The molecule has 1 heterocycles. The van der Waals surface area contributed by atoms with E-state index in [4.69, 9.17) is 0 Å². The van der Waals surface area contributed by atoms with E-state index in [1.165, 1.54) is 6.07 Å². The summed E-state index contributed by atoms with van der Waals surface area (Å²) in [6.45, 7) is 5.49. The molecule has 0 aromatic heterocycles. The number of benzene rings is 2. The molecule has 2 aromatic carbocycles. The molecular weight excluding hydrogens is 330 g/mol. The molecule has 1 N–H and O–H groups in total. The Balaban J connectivity index is 1.88. The highest BCUT2D eigenvalue weighted by Gasteiger charge is 2.23. The van der Waals surface area contributed by atoms with Crippen molar-refractivity contribution in [1.82, 2.24) is 0 Å². The van der Waals surface area contributed by atoms with Gasteiger partial charge in [-0.15, -0.1) is 0 Å². The van der Waals surface area contributed by atoms with Gasteiger partial charge in [0, 0.05) is 30.4 Å². The van der Waals surface area contributed by atoms with Gasteiger partial charge < -0.3 is 10.2 Å². The van der Waals surface area contributed by atoms with Crippen LogP contribution in [0.25, 0.3) is 0 Å². The number of carbonyl (C=O) groups is 1. The van der Waals surface area contributed by atoms with E-state index in [1.807, 2.05) is 36.9 Å². The molecular formula is C20H23N3O3. The van der Waals surface area contributed by atoms with Crippen molar-refractivity contribution in [2.45, 2.75) is 33.1 Å². The molecule has 1 aliphatic heterocycles. The van der Waals surface area contributed by atoms with Crippen LogP contribution in [0.5, 0.6) is 0 Å². The van der Waals surface area contributed by atoms with Gasteiger partial charge in [0.1, 0.15) is 5.69 Å². The van der Waals surface area contributed by atoms with E-state index in [-0.39, 0.29) is 11.6 Å². The zero-order valence-electron chi connectivity index (χ0n) is 15.1. The molecule has 1 amide bonds. The van der Waals surface area contributed by atoms with Crippen molar-refractivity contribution in [1.29, 1.82) is 0 Å². The van der Waals surface area contributed by atoms with Gasteiger partial charge in [0.15, 0.2) is 0 Å². The second-order valence-corrected chi connectivity index (χ2v) is 6.78. The van der Waals surface area contributed by atoms with Crippen molar-refractivity contribution in [3.8, 4) is 0 Å². The Hall–Kier alpha value is -2.89. The lowest BCUT2D eigenvalue weighted by molar-refractivity contribution is -0.384. The first-order chi connectivity index (χ1) is 12.5. The number of nitrogens with zero attached hydrogens (tertiary/aromatic N) is 2. The number of hydrogen-bond donors (Lipinski definition) is 1. The second kappa shape index (κ2) is 7.56. The lowest BCUT2D eigenvalue weighted by Gasteiger charge is -2.28. The SMILES string of the molecule is Cc1ccc(C)c(NC(=O)c2ccc(N3CCCCC3)c([N+](=O)[O-])c2)c1. The van der Waals surface area contributed by atoms with Gasteiger partial charge in [-0.25, -0.2) is 0 Å². The number of amides is 1. The van der Waals surface area contributed by atoms with E-state index >= 15 is 0 Å². The third-order valence-corrected chi connectivity index (χ3v) is 4.77. The summed E-state index contributed by atoms with van der Waals surface area (Å²) in [7, 11) is 0. The first kappa shape index (κ1) is 17.9. The molecule has 26 heavy (non-hydrogen) atoms. The fourth-order valence-electron chi connectivity index (χ4n) is 3.28. The molecule has 0 radical (unpaired) electrons. The highest BCUT2D eigenvalue weighted by molar-refractivity contribution is 6.05. The van der Waals surface area contributed by atoms with Crippen LogP contribution in [0.1, 0.15) is 40.7 Å². The van der Waals surface area contributed by atoms with Gasteiger partial charge in [-0.2, -0.15) is 0 Å². The maximum absolute atomic E-state index is 12.6. The Morgan fingerprint density at radius 1 is 1.08 bits per heavy atom. The van der Waals surface area contributed by atoms with Crippen molar-refractivity contribution in [3.63, 3.8) is 0 Å². The third kappa shape index (κ3) is 3.85. The normalized spacial score (nSPS) is 14.2. The van der Waals surface area contributed by atoms with E-state index < -0.39 is 4.92 Å². The average Bonchev–Trinajstić information content (AvgIpc) is 2.65. The van der Waals surface area contributed by atoms with Crippen molar-refractivity contribution in [2.24, 2.45) is 0 Å². The van der Waals surface area contributed by atoms with Crippen LogP contribution in [0.4, 0.5) is 17.1 Å². The molecule has 136 valence electrons. The van der Waals surface area contributed by atoms with Crippen LogP contribution in [-0.4, -0.2) is 23.9 Å². The minimum Gasteiger partial charge on any atom is -0.366 e. The van der Waals surface area contributed by atoms with Crippen LogP contribution in [0.2, 0.25) is 0 Å². The number of piperidine rings is 1. The molecule has 0 bridgehead atoms. The molecule has 0 aliphatic carbocycles. The van der Waals surface area contributed by atoms with Crippen LogP contribution < -0.4 is 10.2 Å². The Labute approximate surface area is 153 Å². The van der Waals surface area contributed by atoms with Crippen LogP contribution >= 0.6 is 0 Å². The fraction of sp³-hybridized carbons (Fsp3) is 0.350. The number of anilines is 2. The standard InChI is InChI=1S/C20H23N3O3/c1-14-6-7-15(2)17(12-14)21-20(24)16-8-9-18(19(13-16)23(25)26)22-10-4-3-5-11-22/h6-9,12-13H,3-5,10-11H2,1-2H3,(H,21,24). The zero-order chi connectivity index (χ0) is 18.7. The van der Waals surface area contributed by atoms with Crippen LogP contribution in [0, 0.1) is 24.0 Å². The number of hydrogen-bond acceptors (Lipinski definition) is 4. The van der Waals surface area contributed by atoms with Crippen molar-refractivity contribution in [2.75, 3.05) is 23.3 Å². The largest absolute Gasteiger partial charge is 0.366 e. The van der Waals surface area contributed by atoms with Crippen LogP contribution in [-0.2, 0) is 0 Å². The number of aryl methyl sites for hydroxylation is 2. The van der Waals surface area contributed by atoms with Crippen molar-refractivity contribution >= 4 is 23.0 Å². The smallest absolute Gasteiger partial charge is 0.293 e. The van der Waals surface area contributed by atoms with Crippen LogP contribution in [0.3, 0.4) is 0 Å². The summed E-state index contributed by atoms with van der Waals surface area (Å²) in [6.07, 6.45) is 3.22. The molecule has 1 saturated heterocycles. The summed E-state index contributed by atoms with van der Waals surface area (Å²) in [5.41, 5.74) is 3.58. The molecule has 6 nitrogen and oxygen atoms in total. The number of rotatable bonds is 4. The Bertz CT molecular complexity index is 842. The Morgan fingerprint density at radius 3 is 2.50 bits per heavy atom. The first-order valence-corrected chi connectivity index (χ1v) is 8.88. The predicted octanol–water partition coefficient (Wildman–Crippen LogP) is 4.45. The quantitative estimate of drug-likeness (QED) is 0.651. The highest BCUT2D eigenvalue weighted by atomic mass is 16.6. The van der Waals surface area contributed by atoms with Gasteiger partial charge >= 0.3 is 0 Å². The molecule has 2 aromatic rings. The monoisotopic (exact) mass is 353 g/mol. The summed E-state index contributed by atoms with van der Waals surface area (Å²) in [5, 5.41) is 14.4. The number of nitro groups is 1. The van der Waals surface area contributed by atoms with E-state index in [9.17, 15) is 14.9 Å². The van der Waals surface area contributed by atoms with Gasteiger partial charge in [0.25, 0.3) is 11.6 Å². The maximum atomic E-state index is 12.6. The van der Waals surface area contributed by atoms with Crippen LogP contribution in [0.15, 0.2) is 36.4 Å². The molecule has 6 heteroatoms. The molecule has 0 saturated carbocycles. The summed E-state index contributed by atoms with van der Waals surface area (Å²) in [4.78, 5) is 25.8. The van der Waals surface area contributed by atoms with Crippen molar-refractivity contribution < 1.29 is 9.72 Å². The molecule has 0 unspecified atom stereocenters. The van der Waals surface area contributed by atoms with Gasteiger partial charge in [0.2, 0.25) is 0 Å². The lowest BCUT2D eigenvalue weighted by Crippen LogP contribution is -2.30. The molecule has 0 atom stereocenters. The second-order valence-electron chi connectivity index (χ2n) is 6.78. The maximum Gasteiger partial charge on any atom is 0.293 e. The fourth-order valence-corrected chi connectivity index (χ4v) is 3.28. The molecule has 3 rings (SSSR count). The molecule has 1 fully saturated rings. The van der Waals surface area contributed by atoms with E-state index in [0.717, 1.165) is 49.2 Å². The van der Waals surface area contributed by atoms with E-state index in [2.05, 4.69) is 5.32 Å². The summed E-state index contributed by atoms with van der Waals surface area (Å²) in [5.74, 6) is -0.341. The summed E-state index contributed by atoms with van der Waals surface area (Å²) < 4.78 is 0. The molecule has 0 spiro atoms. The first-order valence-electron chi connectivity index (χ1n) is 8.88. The average molecular weight is 353 g/mol. The number of nitro benzene ring substituents is 1. The summed E-state index contributed by atoms with van der Waals surface area (Å²) in [6, 6.07) is 10.5. The molecule has 1 aliphatic rings. The Kier molecular flexibility index (Phi) is 5.21. The van der Waals surface area contributed by atoms with Gasteiger partial charge in [0.05, 0.1) is 4.92 Å². The van der Waals surface area contributed by atoms with E-state index in [0.29, 0.717) is 11.3 Å². The number of carbonyl (C=O) groups excluding carboxylic acids is 1. The predicted molar refractivity (Wildman–Crippen MR) is 103 cm³/mol. The minimum atomic E-state index is -0.404. The third-order valence-electron chi connectivity index (χ3n) is 4.77. The Morgan fingerprint density at radius 2 is 1.81 bits per heavy atom.